The highest BCUT2D eigenvalue weighted by atomic mass is 19.1. The van der Waals surface area contributed by atoms with Crippen LogP contribution < -0.4 is 25.8 Å². The molecular weight excluding hydrogens is 535 g/mol. The van der Waals surface area contributed by atoms with E-state index in [1.165, 1.54) is 24.3 Å². The number of rotatable bonds is 7. The Bertz CT molecular complexity index is 1700. The highest BCUT2D eigenvalue weighted by Crippen LogP contribution is 2.39. The maximum Gasteiger partial charge on any atom is 0.255 e. The van der Waals surface area contributed by atoms with Crippen LogP contribution in [0.5, 0.6) is 5.75 Å². The zero-order chi connectivity index (χ0) is 29.2. The number of hydrogen-bond acceptors (Lipinski definition) is 5. The van der Waals surface area contributed by atoms with Crippen molar-refractivity contribution in [3.05, 3.63) is 123 Å². The number of amides is 2. The van der Waals surface area contributed by atoms with Gasteiger partial charge in [0.05, 0.1) is 18.5 Å². The monoisotopic (exact) mass is 566 g/mol. The van der Waals surface area contributed by atoms with Gasteiger partial charge in [-0.25, -0.2) is 4.39 Å². The molecule has 42 heavy (non-hydrogen) atoms. The van der Waals surface area contributed by atoms with Crippen molar-refractivity contribution < 1.29 is 18.7 Å². The molecule has 3 heterocycles. The fourth-order valence-corrected chi connectivity index (χ4v) is 6.07. The number of methoxy groups -OCH3 is 1. The highest BCUT2D eigenvalue weighted by molar-refractivity contribution is 6.07. The number of hydrogen-bond donors (Lipinski definition) is 2. The third-order valence-corrected chi connectivity index (χ3v) is 8.07. The average Bonchev–Trinajstić information content (AvgIpc) is 3.00. The number of halogens is 1. The second-order valence-electron chi connectivity index (χ2n) is 10.8. The van der Waals surface area contributed by atoms with Crippen molar-refractivity contribution in [1.29, 1.82) is 0 Å². The third kappa shape index (κ3) is 5.50. The number of nitrogens with one attached hydrogen (secondary N) is 2. The summed E-state index contributed by atoms with van der Waals surface area (Å²) in [6, 6.07) is 23.5. The topological polar surface area (TPSA) is 92.7 Å². The lowest BCUT2D eigenvalue weighted by Crippen LogP contribution is -2.47. The smallest absolute Gasteiger partial charge is 0.255 e. The molecule has 2 aliphatic heterocycles. The number of para-hydroxylation sites is 1. The first-order chi connectivity index (χ1) is 20.4. The molecule has 0 radical (unpaired) electrons. The van der Waals surface area contributed by atoms with Gasteiger partial charge in [0.15, 0.2) is 0 Å². The first-order valence-electron chi connectivity index (χ1n) is 14.0. The number of piperidine rings is 1. The number of carbonyl (C=O) groups excluding carboxylic acids is 2. The first-order valence-corrected chi connectivity index (χ1v) is 14.0. The molecule has 3 aromatic carbocycles. The van der Waals surface area contributed by atoms with Crippen molar-refractivity contribution in [2.24, 2.45) is 5.92 Å². The van der Waals surface area contributed by atoms with E-state index in [4.69, 9.17) is 4.74 Å². The summed E-state index contributed by atoms with van der Waals surface area (Å²) in [4.78, 5) is 41.2. The normalized spacial score (nSPS) is 17.2. The Morgan fingerprint density at radius 3 is 2.50 bits per heavy atom. The van der Waals surface area contributed by atoms with Gasteiger partial charge < -0.3 is 24.8 Å². The number of pyridine rings is 1. The molecule has 4 aromatic rings. The van der Waals surface area contributed by atoms with Gasteiger partial charge >= 0.3 is 0 Å². The summed E-state index contributed by atoms with van der Waals surface area (Å²) in [5.41, 5.74) is 3.84. The Morgan fingerprint density at radius 1 is 0.905 bits per heavy atom. The Kier molecular flexibility index (Phi) is 7.48. The van der Waals surface area contributed by atoms with Gasteiger partial charge in [-0.2, -0.15) is 0 Å². The number of anilines is 2. The summed E-state index contributed by atoms with van der Waals surface area (Å²) in [6.45, 7) is 2.29. The summed E-state index contributed by atoms with van der Waals surface area (Å²) >= 11 is 0. The molecule has 2 unspecified atom stereocenters. The van der Waals surface area contributed by atoms with Crippen LogP contribution in [0.1, 0.15) is 44.3 Å². The van der Waals surface area contributed by atoms with Crippen molar-refractivity contribution in [3.8, 4) is 5.75 Å². The third-order valence-electron chi connectivity index (χ3n) is 8.07. The van der Waals surface area contributed by atoms with Gasteiger partial charge in [0.2, 0.25) is 0 Å². The lowest BCUT2D eigenvalue weighted by molar-refractivity contribution is 0.0949. The van der Waals surface area contributed by atoms with Crippen LogP contribution in [0.2, 0.25) is 0 Å². The molecule has 2 aliphatic rings. The molecule has 1 aromatic heterocycles. The minimum Gasteiger partial charge on any atom is -0.496 e. The molecule has 0 saturated carbocycles. The Labute approximate surface area is 242 Å². The quantitative estimate of drug-likeness (QED) is 0.335. The van der Waals surface area contributed by atoms with Crippen molar-refractivity contribution in [2.45, 2.75) is 25.4 Å². The molecule has 2 N–H and O–H groups in total. The summed E-state index contributed by atoms with van der Waals surface area (Å²) in [5.74, 6) is -0.0257. The second-order valence-corrected chi connectivity index (χ2v) is 10.8. The van der Waals surface area contributed by atoms with Crippen LogP contribution in [0.3, 0.4) is 0 Å². The molecule has 0 spiro atoms. The molecule has 1 saturated heterocycles. The lowest BCUT2D eigenvalue weighted by Gasteiger charge is -2.44. The zero-order valence-electron chi connectivity index (χ0n) is 23.2. The molecule has 0 aliphatic carbocycles. The average molecular weight is 567 g/mol. The lowest BCUT2D eigenvalue weighted by atomic mass is 9.83. The fourth-order valence-electron chi connectivity index (χ4n) is 6.07. The molecule has 9 heteroatoms. The fraction of sp³-hybridized carbons (Fsp3) is 0.242. The Hall–Kier alpha value is -4.92. The van der Waals surface area contributed by atoms with Gasteiger partial charge in [0, 0.05) is 60.5 Å². The standard InChI is InChI=1S/C33H31FN4O4/c1-42-30-7-3-2-5-24(30)17-35-32(40)23-11-14-29(27(16-23)36-33(41)22-9-12-26(34)13-10-22)37-18-21-15-25(20-37)28-6-4-8-31(39)38(28)19-21/h2-14,16,21,25H,15,17-20H2,1H3,(H,35,40)(H,36,41). The van der Waals surface area contributed by atoms with E-state index in [2.05, 4.69) is 15.5 Å². The van der Waals surface area contributed by atoms with E-state index < -0.39 is 11.7 Å². The predicted octanol–water partition coefficient (Wildman–Crippen LogP) is 4.80. The van der Waals surface area contributed by atoms with E-state index in [1.807, 2.05) is 41.0 Å². The van der Waals surface area contributed by atoms with Crippen LogP contribution in [0.15, 0.2) is 89.7 Å². The molecule has 2 bridgehead atoms. The zero-order valence-corrected chi connectivity index (χ0v) is 23.2. The van der Waals surface area contributed by atoms with E-state index in [-0.39, 0.29) is 29.8 Å². The molecule has 2 amide bonds. The molecule has 1 fully saturated rings. The number of benzene rings is 3. The van der Waals surface area contributed by atoms with E-state index in [1.54, 1.807) is 31.4 Å². The summed E-state index contributed by atoms with van der Waals surface area (Å²) in [7, 11) is 1.58. The highest BCUT2D eigenvalue weighted by Gasteiger charge is 2.35. The Balaban J connectivity index is 1.29. The number of carbonyl (C=O) groups is 2. The van der Waals surface area contributed by atoms with Crippen LogP contribution in [0.25, 0.3) is 0 Å². The van der Waals surface area contributed by atoms with Crippen molar-refractivity contribution in [3.63, 3.8) is 0 Å². The minimum absolute atomic E-state index is 0.0198. The van der Waals surface area contributed by atoms with E-state index in [0.29, 0.717) is 42.2 Å². The van der Waals surface area contributed by atoms with Crippen molar-refractivity contribution in [2.75, 3.05) is 30.4 Å². The summed E-state index contributed by atoms with van der Waals surface area (Å²) in [5, 5.41) is 5.90. The summed E-state index contributed by atoms with van der Waals surface area (Å²) < 4.78 is 20.8. The Morgan fingerprint density at radius 2 is 1.69 bits per heavy atom. The van der Waals surface area contributed by atoms with Gasteiger partial charge in [-0.3, -0.25) is 14.4 Å². The number of aromatic nitrogens is 1. The second kappa shape index (κ2) is 11.5. The number of ether oxygens (including phenoxy) is 1. The first kappa shape index (κ1) is 27.3. The maximum absolute atomic E-state index is 13.5. The molecule has 8 nitrogen and oxygen atoms in total. The number of nitrogens with zero attached hydrogens (tertiary/aromatic N) is 2. The number of fused-ring (bicyclic) bond motifs is 4. The van der Waals surface area contributed by atoms with Crippen molar-refractivity contribution >= 4 is 23.2 Å². The molecule has 2 atom stereocenters. The van der Waals surface area contributed by atoms with Crippen LogP contribution in [-0.2, 0) is 13.1 Å². The van der Waals surface area contributed by atoms with Crippen molar-refractivity contribution in [1.82, 2.24) is 9.88 Å². The van der Waals surface area contributed by atoms with Crippen LogP contribution in [-0.4, -0.2) is 36.6 Å². The molecule has 6 rings (SSSR count). The van der Waals surface area contributed by atoms with Gasteiger partial charge in [0.1, 0.15) is 11.6 Å². The minimum atomic E-state index is -0.430. The molecular formula is C33H31FN4O4. The van der Waals surface area contributed by atoms with Crippen LogP contribution in [0, 0.1) is 11.7 Å². The van der Waals surface area contributed by atoms with E-state index >= 15 is 0 Å². The maximum atomic E-state index is 13.5. The van der Waals surface area contributed by atoms with Crippen LogP contribution >= 0.6 is 0 Å². The largest absolute Gasteiger partial charge is 0.496 e. The van der Waals surface area contributed by atoms with Gasteiger partial charge in [-0.15, -0.1) is 0 Å². The van der Waals surface area contributed by atoms with E-state index in [9.17, 15) is 18.8 Å². The predicted molar refractivity (Wildman–Crippen MR) is 159 cm³/mol. The van der Waals surface area contributed by atoms with Gasteiger partial charge in [-0.1, -0.05) is 24.3 Å². The van der Waals surface area contributed by atoms with E-state index in [0.717, 1.165) is 23.4 Å². The molecule has 214 valence electrons. The SMILES string of the molecule is COc1ccccc1CNC(=O)c1ccc(N2CC3CC(C2)c2cccc(=O)n2C3)c(NC(=O)c2ccc(F)cc2)c1. The van der Waals surface area contributed by atoms with Gasteiger partial charge in [-0.05, 0) is 66.9 Å². The van der Waals surface area contributed by atoms with Gasteiger partial charge in [0.25, 0.3) is 17.4 Å². The summed E-state index contributed by atoms with van der Waals surface area (Å²) in [6.07, 6.45) is 0.987. The van der Waals surface area contributed by atoms with Crippen LogP contribution in [0.4, 0.5) is 15.8 Å².